The molecule has 0 N–H and O–H groups in total. The molecule has 0 atom stereocenters. The second-order valence-corrected chi connectivity index (χ2v) is 16.0. The molecule has 56 heavy (non-hydrogen) atoms. The van der Waals surface area contributed by atoms with Crippen LogP contribution in [-0.2, 0) is 11.2 Å². The van der Waals surface area contributed by atoms with Crippen molar-refractivity contribution in [3.05, 3.63) is 117 Å². The average molecular weight is 767 g/mol. The van der Waals surface area contributed by atoms with Gasteiger partial charge in [0.25, 0.3) is 5.70 Å². The molecule has 0 bridgehead atoms. The Bertz CT molecular complexity index is 2790. The van der Waals surface area contributed by atoms with Crippen LogP contribution in [0.25, 0.3) is 36.9 Å². The summed E-state index contributed by atoms with van der Waals surface area (Å²) < 4.78 is 13.0. The van der Waals surface area contributed by atoms with E-state index >= 15 is 0 Å². The van der Waals surface area contributed by atoms with Crippen molar-refractivity contribution >= 4 is 67.1 Å². The number of Topliss-reactive ketones (excluding diaryl/α,β-unsaturated/α-hetero) is 2. The molecule has 9 rings (SSSR count). The first-order chi connectivity index (χ1) is 26.9. The molecular formula is C42H22N8O4S2. The van der Waals surface area contributed by atoms with Gasteiger partial charge >= 0.3 is 0 Å². The van der Waals surface area contributed by atoms with E-state index < -0.39 is 22.8 Å². The summed E-state index contributed by atoms with van der Waals surface area (Å²) in [5.41, 5.74) is 3.13. The Morgan fingerprint density at radius 1 is 0.679 bits per heavy atom. The maximum Gasteiger partial charge on any atom is 0.271 e. The number of carbonyl (C=O) groups excluding carboxylic acids is 2. The third-order valence-electron chi connectivity index (χ3n) is 9.95. The maximum absolute atomic E-state index is 13.6. The van der Waals surface area contributed by atoms with Crippen molar-refractivity contribution < 1.29 is 19.1 Å². The number of thiazole rings is 2. The van der Waals surface area contributed by atoms with Crippen LogP contribution in [-0.4, -0.2) is 33.0 Å². The van der Waals surface area contributed by atoms with E-state index in [0.29, 0.717) is 43.8 Å². The molecule has 4 heterocycles. The van der Waals surface area contributed by atoms with Crippen LogP contribution in [0.5, 0.6) is 11.8 Å². The molecule has 2 aliphatic carbocycles. The third kappa shape index (κ3) is 4.91. The summed E-state index contributed by atoms with van der Waals surface area (Å²) in [6.45, 7) is 15.3. The Hall–Kier alpha value is -7.36. The summed E-state index contributed by atoms with van der Waals surface area (Å²) in [4.78, 5) is 50.5. The summed E-state index contributed by atoms with van der Waals surface area (Å²) >= 11 is 2.45. The van der Waals surface area contributed by atoms with Crippen LogP contribution >= 0.6 is 22.7 Å². The number of nitrogens with zero attached hydrogens (tertiary/aromatic N) is 8. The maximum atomic E-state index is 13.6. The lowest BCUT2D eigenvalue weighted by molar-refractivity contribution is 0.0954. The number of hydrogen-bond acceptors (Lipinski definition) is 13. The molecule has 266 valence electrons. The van der Waals surface area contributed by atoms with E-state index in [1.54, 1.807) is 48.5 Å². The fourth-order valence-corrected chi connectivity index (χ4v) is 9.24. The van der Waals surface area contributed by atoms with Gasteiger partial charge in [-0.05, 0) is 51.0 Å². The Morgan fingerprint density at radius 2 is 1.11 bits per heavy atom. The molecule has 0 saturated heterocycles. The quantitative estimate of drug-likeness (QED) is 0.125. The van der Waals surface area contributed by atoms with E-state index in [2.05, 4.69) is 24.8 Å². The minimum atomic E-state index is -0.874. The Labute approximate surface area is 327 Å². The second-order valence-electron chi connectivity index (χ2n) is 14.0. The smallest absolute Gasteiger partial charge is 0.271 e. The van der Waals surface area contributed by atoms with Crippen molar-refractivity contribution in [2.24, 2.45) is 9.98 Å². The lowest BCUT2D eigenvalue weighted by atomic mass is 9.81. The van der Waals surface area contributed by atoms with Gasteiger partial charge in [0, 0.05) is 44.5 Å². The molecule has 14 heteroatoms. The van der Waals surface area contributed by atoms with Crippen LogP contribution in [0.1, 0.15) is 70.7 Å². The molecule has 4 aliphatic rings. The molecule has 0 saturated carbocycles. The molecule has 2 aliphatic heterocycles. The van der Waals surface area contributed by atoms with E-state index in [0.717, 1.165) is 22.3 Å². The van der Waals surface area contributed by atoms with Crippen molar-refractivity contribution in [2.45, 2.75) is 38.9 Å². The van der Waals surface area contributed by atoms with Crippen molar-refractivity contribution in [3.63, 3.8) is 0 Å². The lowest BCUT2D eigenvalue weighted by Crippen LogP contribution is -2.32. The fourth-order valence-electron chi connectivity index (χ4n) is 7.44. The Morgan fingerprint density at radius 3 is 1.54 bits per heavy atom. The molecule has 2 aromatic heterocycles. The predicted octanol–water partition coefficient (Wildman–Crippen LogP) is 9.08. The van der Waals surface area contributed by atoms with E-state index in [9.17, 15) is 25.4 Å². The fraction of sp³-hybridized carbons (Fsp3) is 0.143. The van der Waals surface area contributed by atoms with E-state index in [1.807, 2.05) is 58.0 Å². The zero-order valence-corrected chi connectivity index (χ0v) is 31.4. The molecule has 12 nitrogen and oxygen atoms in total. The number of aromatic nitrogens is 2. The van der Waals surface area contributed by atoms with Gasteiger partial charge in [0.05, 0.1) is 12.6 Å². The van der Waals surface area contributed by atoms with Gasteiger partial charge < -0.3 is 9.47 Å². The number of carbonyl (C=O) groups is 2. The highest BCUT2D eigenvalue weighted by Crippen LogP contribution is 2.56. The summed E-state index contributed by atoms with van der Waals surface area (Å²) in [6, 6.07) is 23.4. The lowest BCUT2D eigenvalue weighted by Gasteiger charge is -2.37. The van der Waals surface area contributed by atoms with Gasteiger partial charge in [-0.1, -0.05) is 71.2 Å². The van der Waals surface area contributed by atoms with Gasteiger partial charge in [-0.25, -0.2) is 20.1 Å². The van der Waals surface area contributed by atoms with Crippen LogP contribution in [0.4, 0.5) is 10.3 Å². The highest BCUT2D eigenvalue weighted by atomic mass is 32.1. The monoisotopic (exact) mass is 766 g/mol. The number of nitriles is 3. The zero-order chi connectivity index (χ0) is 39.3. The van der Waals surface area contributed by atoms with Crippen LogP contribution in [0, 0.1) is 40.6 Å². The number of benzene rings is 3. The molecular weight excluding hydrogens is 745 g/mol. The van der Waals surface area contributed by atoms with Gasteiger partial charge in [0.15, 0.2) is 0 Å². The molecule has 5 aromatic rings. The minimum absolute atomic E-state index is 0.0244. The van der Waals surface area contributed by atoms with Crippen molar-refractivity contribution in [3.8, 4) is 50.8 Å². The first kappa shape index (κ1) is 34.4. The van der Waals surface area contributed by atoms with Gasteiger partial charge in [0.1, 0.15) is 50.1 Å². The van der Waals surface area contributed by atoms with Crippen LogP contribution in [0.3, 0.4) is 0 Å². The number of hydrogen-bond donors (Lipinski definition) is 0. The SMILES string of the molecule is [C-]#[N+]C(C#N)=C1C(=Nc2nc3c(s2)-c2cc4c(cc2C(C)(C)O3)-c2sc(N=C3C(=O)c5ccccc5C3=C(C#N)C#N)nc2OC4(C)C)C(=O)c2ccccc21. The molecule has 3 aromatic carbocycles. The summed E-state index contributed by atoms with van der Waals surface area (Å²) in [5, 5.41) is 29.7. The average Bonchev–Trinajstić information content (AvgIpc) is 3.92. The molecule has 0 fully saturated rings. The Balaban J connectivity index is 1.16. The number of fused-ring (bicyclic) bond motifs is 8. The van der Waals surface area contributed by atoms with Crippen LogP contribution in [0.2, 0.25) is 0 Å². The van der Waals surface area contributed by atoms with Gasteiger partial charge in [-0.15, -0.1) is 0 Å². The standard InChI is InChI=1S/C42H22N8O4S2/c1-41(2)26-15-25-27(14-24(26)35-37(53-41)49-39(55-35)47-31-29(19(16-43)17-44)20-10-6-8-12-22(20)33(31)51)42(3,4)54-38-36(25)56-40(50-38)48-32-30(28(18-45)46-5)21-11-7-9-13-23(21)34(32)52/h6-15H,1-4H3. The largest absolute Gasteiger partial charge is 0.466 e. The highest BCUT2D eigenvalue weighted by molar-refractivity contribution is 7.19. The normalized spacial score (nSPS) is 18.5. The number of allylic oxidation sites excluding steroid dienone is 4. The summed E-state index contributed by atoms with van der Waals surface area (Å²) in [7, 11) is 0. The van der Waals surface area contributed by atoms with E-state index in [1.165, 1.54) is 22.7 Å². The number of ketones is 2. The van der Waals surface area contributed by atoms with Gasteiger partial charge in [-0.3, -0.25) is 9.59 Å². The molecule has 0 spiro atoms. The zero-order valence-electron chi connectivity index (χ0n) is 29.8. The van der Waals surface area contributed by atoms with E-state index in [-0.39, 0.29) is 44.1 Å². The molecule has 0 radical (unpaired) electrons. The van der Waals surface area contributed by atoms with Crippen LogP contribution in [0.15, 0.2) is 81.9 Å². The Kier molecular flexibility index (Phi) is 7.42. The van der Waals surface area contributed by atoms with Gasteiger partial charge in [0.2, 0.25) is 33.6 Å². The third-order valence-corrected chi connectivity index (χ3v) is 11.9. The number of rotatable bonds is 2. The van der Waals surface area contributed by atoms with Crippen molar-refractivity contribution in [2.75, 3.05) is 0 Å². The van der Waals surface area contributed by atoms with Gasteiger partial charge in [-0.2, -0.15) is 20.5 Å². The number of ether oxygens (including phenoxy) is 2. The van der Waals surface area contributed by atoms with Crippen molar-refractivity contribution in [1.29, 1.82) is 15.8 Å². The minimum Gasteiger partial charge on any atom is -0.466 e. The predicted molar refractivity (Wildman–Crippen MR) is 209 cm³/mol. The first-order valence-corrected chi connectivity index (χ1v) is 18.6. The topological polar surface area (TPSA) is 179 Å². The summed E-state index contributed by atoms with van der Waals surface area (Å²) in [6.07, 6.45) is 0. The number of aliphatic imine (C=N–C) groups is 2. The highest BCUT2D eigenvalue weighted by Gasteiger charge is 2.43. The second kappa shape index (κ2) is 12.1. The molecule has 0 amide bonds. The molecule has 0 unspecified atom stereocenters. The first-order valence-electron chi connectivity index (χ1n) is 17.0. The summed E-state index contributed by atoms with van der Waals surface area (Å²) in [5.74, 6) is -0.145. The van der Waals surface area contributed by atoms with Crippen molar-refractivity contribution in [1.82, 2.24) is 9.97 Å². The van der Waals surface area contributed by atoms with Crippen LogP contribution < -0.4 is 9.47 Å². The van der Waals surface area contributed by atoms with E-state index in [4.69, 9.17) is 16.0 Å².